The minimum absolute atomic E-state index is 0.119. The molecule has 37 heavy (non-hydrogen) atoms. The van der Waals surface area contributed by atoms with Crippen LogP contribution in [0, 0.1) is 5.92 Å². The maximum atomic E-state index is 12.4. The fraction of sp³-hybridized carbons (Fsp3) is 0.519. The topological polar surface area (TPSA) is 118 Å². The number of piperidine rings is 1. The molecule has 0 spiro atoms. The Kier molecular flexibility index (Phi) is 9.52. The summed E-state index contributed by atoms with van der Waals surface area (Å²) in [6.07, 6.45) is 9.68. The molecule has 0 aliphatic carbocycles. The third-order valence-electron chi connectivity index (χ3n) is 7.54. The number of amides is 1. The molecule has 1 aromatic carbocycles. The van der Waals surface area contributed by atoms with E-state index in [1.807, 2.05) is 18.3 Å². The molecule has 4 N–H and O–H groups in total. The van der Waals surface area contributed by atoms with Crippen molar-refractivity contribution in [2.24, 2.45) is 11.7 Å². The molecule has 202 valence electrons. The van der Waals surface area contributed by atoms with E-state index in [1.165, 1.54) is 0 Å². The number of H-pyrrole nitrogens is 1. The molecule has 2 saturated heterocycles. The van der Waals surface area contributed by atoms with Gasteiger partial charge in [-0.05, 0) is 85.2 Å². The normalized spacial score (nSPS) is 19.2. The van der Waals surface area contributed by atoms with Crippen molar-refractivity contribution in [3.8, 4) is 0 Å². The lowest BCUT2D eigenvalue weighted by Gasteiger charge is -2.31. The zero-order chi connectivity index (χ0) is 26.4. The second kappa shape index (κ2) is 12.6. The SMILES string of the molecule is CCS(=O)(=O)N1CCC(c2c[nH]c3c(C(N)=O)cc(C(/C=C/CNCC4CCOCC4)=C/S)cc23)CC1. The average molecular weight is 547 g/mol. The van der Waals surface area contributed by atoms with Crippen molar-refractivity contribution in [2.45, 2.75) is 38.5 Å². The molecule has 2 aliphatic heterocycles. The highest BCUT2D eigenvalue weighted by Gasteiger charge is 2.29. The molecule has 0 saturated carbocycles. The monoisotopic (exact) mass is 546 g/mol. The first-order chi connectivity index (χ1) is 17.8. The van der Waals surface area contributed by atoms with Crippen LogP contribution < -0.4 is 11.1 Å². The number of hydrogen-bond donors (Lipinski definition) is 4. The minimum atomic E-state index is -3.18. The van der Waals surface area contributed by atoms with Gasteiger partial charge in [-0.2, -0.15) is 12.6 Å². The van der Waals surface area contributed by atoms with Crippen LogP contribution in [0.5, 0.6) is 0 Å². The van der Waals surface area contributed by atoms with E-state index in [4.69, 9.17) is 10.5 Å². The number of aromatic amines is 1. The Morgan fingerprint density at radius 3 is 2.62 bits per heavy atom. The largest absolute Gasteiger partial charge is 0.381 e. The molecule has 0 atom stereocenters. The number of nitrogens with two attached hydrogens (primary N) is 1. The van der Waals surface area contributed by atoms with E-state index in [0.29, 0.717) is 24.6 Å². The highest BCUT2D eigenvalue weighted by atomic mass is 32.2. The van der Waals surface area contributed by atoms with Crippen LogP contribution in [-0.4, -0.2) is 68.8 Å². The number of fused-ring (bicyclic) bond motifs is 1. The van der Waals surface area contributed by atoms with Gasteiger partial charge in [0, 0.05) is 44.4 Å². The summed E-state index contributed by atoms with van der Waals surface area (Å²) < 4.78 is 31.6. The Morgan fingerprint density at radius 2 is 1.97 bits per heavy atom. The van der Waals surface area contributed by atoms with Crippen LogP contribution in [0.1, 0.15) is 60.0 Å². The molecule has 2 aliphatic rings. The minimum Gasteiger partial charge on any atom is -0.381 e. The van der Waals surface area contributed by atoms with Gasteiger partial charge in [0.15, 0.2) is 0 Å². The summed E-state index contributed by atoms with van der Waals surface area (Å²) in [5.41, 5.74) is 9.76. The number of carbonyl (C=O) groups excluding carboxylic acids is 1. The van der Waals surface area contributed by atoms with Gasteiger partial charge in [0.25, 0.3) is 5.91 Å². The fourth-order valence-corrected chi connectivity index (χ4v) is 6.67. The van der Waals surface area contributed by atoms with Gasteiger partial charge >= 0.3 is 0 Å². The Hall–Kier alpha value is -2.11. The van der Waals surface area contributed by atoms with Crippen LogP contribution in [-0.2, 0) is 14.8 Å². The highest BCUT2D eigenvalue weighted by molar-refractivity contribution is 7.89. The van der Waals surface area contributed by atoms with Gasteiger partial charge in [0.1, 0.15) is 0 Å². The standard InChI is InChI=1S/C27H38N4O4S2/c1-2-37(33,34)31-10-5-20(6-11-31)25-17-30-26-23(25)14-22(15-24(26)27(28)32)21(18-36)4-3-9-29-16-19-7-12-35-13-8-19/h3-4,14-15,17-20,29-30,36H,2,5-13,16H2,1H3,(H2,28,32)/b4-3+,21-18+. The summed E-state index contributed by atoms with van der Waals surface area (Å²) in [4.78, 5) is 15.6. The summed E-state index contributed by atoms with van der Waals surface area (Å²) >= 11 is 4.44. The molecule has 1 amide bonds. The molecule has 0 bridgehead atoms. The summed E-state index contributed by atoms with van der Waals surface area (Å²) in [5.74, 6) is 0.475. The van der Waals surface area contributed by atoms with Gasteiger partial charge in [0.05, 0.1) is 16.8 Å². The molecular weight excluding hydrogens is 508 g/mol. The number of benzene rings is 1. The van der Waals surface area contributed by atoms with Crippen molar-refractivity contribution < 1.29 is 17.9 Å². The van der Waals surface area contributed by atoms with Gasteiger partial charge in [-0.25, -0.2) is 12.7 Å². The third-order valence-corrected chi connectivity index (χ3v) is 9.70. The van der Waals surface area contributed by atoms with E-state index in [1.54, 1.807) is 16.6 Å². The molecule has 2 fully saturated rings. The number of allylic oxidation sites excluding steroid dienone is 2. The van der Waals surface area contributed by atoms with Crippen molar-refractivity contribution in [3.63, 3.8) is 0 Å². The highest BCUT2D eigenvalue weighted by Crippen LogP contribution is 2.36. The van der Waals surface area contributed by atoms with Crippen LogP contribution in [0.2, 0.25) is 0 Å². The number of rotatable bonds is 10. The van der Waals surface area contributed by atoms with Crippen LogP contribution in [0.25, 0.3) is 16.5 Å². The summed E-state index contributed by atoms with van der Waals surface area (Å²) in [7, 11) is -3.18. The second-order valence-electron chi connectivity index (χ2n) is 9.83. The summed E-state index contributed by atoms with van der Waals surface area (Å²) in [6.45, 7) is 6.08. The summed E-state index contributed by atoms with van der Waals surface area (Å²) in [5, 5.41) is 6.17. The molecular formula is C27H38N4O4S2. The number of aromatic nitrogens is 1. The number of carbonyl (C=O) groups is 1. The molecule has 4 rings (SSSR count). The predicted molar refractivity (Wildman–Crippen MR) is 152 cm³/mol. The van der Waals surface area contributed by atoms with Crippen LogP contribution >= 0.6 is 12.6 Å². The lowest BCUT2D eigenvalue weighted by Crippen LogP contribution is -2.38. The second-order valence-corrected chi connectivity index (χ2v) is 12.3. The lowest BCUT2D eigenvalue weighted by atomic mass is 9.88. The third kappa shape index (κ3) is 6.67. The van der Waals surface area contributed by atoms with Gasteiger partial charge < -0.3 is 20.8 Å². The van der Waals surface area contributed by atoms with Crippen molar-refractivity contribution in [1.82, 2.24) is 14.6 Å². The van der Waals surface area contributed by atoms with Gasteiger partial charge in [-0.15, -0.1) is 0 Å². The van der Waals surface area contributed by atoms with Crippen LogP contribution in [0.3, 0.4) is 0 Å². The Bertz CT molecular complexity index is 1250. The van der Waals surface area contributed by atoms with E-state index in [9.17, 15) is 13.2 Å². The van der Waals surface area contributed by atoms with E-state index in [0.717, 1.165) is 79.6 Å². The van der Waals surface area contributed by atoms with Crippen LogP contribution in [0.4, 0.5) is 0 Å². The van der Waals surface area contributed by atoms with Gasteiger partial charge in [-0.3, -0.25) is 4.79 Å². The fourth-order valence-electron chi connectivity index (χ4n) is 5.30. The van der Waals surface area contributed by atoms with E-state index < -0.39 is 15.9 Å². The Labute approximate surface area is 225 Å². The summed E-state index contributed by atoms with van der Waals surface area (Å²) in [6, 6.07) is 3.88. The van der Waals surface area contributed by atoms with E-state index in [2.05, 4.69) is 35.1 Å². The predicted octanol–water partition coefficient (Wildman–Crippen LogP) is 3.64. The molecule has 1 aromatic heterocycles. The number of thiol groups is 1. The first kappa shape index (κ1) is 27.9. The zero-order valence-electron chi connectivity index (χ0n) is 21.4. The molecule has 10 heteroatoms. The molecule has 8 nitrogen and oxygen atoms in total. The molecule has 0 unspecified atom stereocenters. The Morgan fingerprint density at radius 1 is 1.24 bits per heavy atom. The first-order valence-electron chi connectivity index (χ1n) is 13.1. The van der Waals surface area contributed by atoms with E-state index >= 15 is 0 Å². The smallest absolute Gasteiger partial charge is 0.250 e. The van der Waals surface area contributed by atoms with Crippen molar-refractivity contribution in [1.29, 1.82) is 0 Å². The quantitative estimate of drug-likeness (QED) is 0.206. The zero-order valence-corrected chi connectivity index (χ0v) is 23.1. The molecule has 2 aromatic rings. The molecule has 0 radical (unpaired) electrons. The molecule has 3 heterocycles. The van der Waals surface area contributed by atoms with E-state index in [-0.39, 0.29) is 11.7 Å². The maximum Gasteiger partial charge on any atom is 0.250 e. The Balaban J connectivity index is 1.52. The van der Waals surface area contributed by atoms with Gasteiger partial charge in [-0.1, -0.05) is 12.2 Å². The first-order valence-corrected chi connectivity index (χ1v) is 15.2. The van der Waals surface area contributed by atoms with Crippen molar-refractivity contribution in [2.75, 3.05) is 45.1 Å². The van der Waals surface area contributed by atoms with Crippen molar-refractivity contribution >= 4 is 45.0 Å². The number of hydrogen-bond acceptors (Lipinski definition) is 6. The number of sulfonamides is 1. The lowest BCUT2D eigenvalue weighted by molar-refractivity contribution is 0.0666. The van der Waals surface area contributed by atoms with Gasteiger partial charge in [0.2, 0.25) is 10.0 Å². The number of nitrogens with zero attached hydrogens (tertiary/aromatic N) is 1. The number of nitrogens with one attached hydrogen (secondary N) is 2. The maximum absolute atomic E-state index is 12.4. The van der Waals surface area contributed by atoms with Crippen molar-refractivity contribution in [3.05, 3.63) is 52.6 Å². The van der Waals surface area contributed by atoms with Crippen LogP contribution in [0.15, 0.2) is 35.9 Å². The number of ether oxygens (including phenoxy) is 1. The average Bonchev–Trinajstić information content (AvgIpc) is 3.34. The number of primary amides is 1.